The molecule has 2 aromatic carbocycles. The molecular weight excluding hydrogens is 296 g/mol. The lowest BCUT2D eigenvalue weighted by atomic mass is 10.2. The molecule has 0 aliphatic carbocycles. The average molecular weight is 308 g/mol. The molecule has 2 aromatic rings. The van der Waals surface area contributed by atoms with Crippen molar-refractivity contribution < 1.29 is 22.6 Å². The number of para-hydroxylation sites is 2. The Morgan fingerprint density at radius 3 is 2.43 bits per heavy atom. The van der Waals surface area contributed by atoms with E-state index in [-0.39, 0.29) is 4.90 Å². The second kappa shape index (κ2) is 6.35. The summed E-state index contributed by atoms with van der Waals surface area (Å²) in [6.07, 6.45) is 0.613. The minimum Gasteiger partial charge on any atom is -0.506 e. The predicted octanol–water partition coefficient (Wildman–Crippen LogP) is 1.44. The Morgan fingerprint density at radius 2 is 1.71 bits per heavy atom. The third-order valence-electron chi connectivity index (χ3n) is 2.56. The first-order valence-corrected chi connectivity index (χ1v) is 7.22. The monoisotopic (exact) mass is 308 g/mol. The van der Waals surface area contributed by atoms with Gasteiger partial charge in [0.25, 0.3) is 0 Å². The maximum Gasteiger partial charge on any atom is 0.318 e. The van der Waals surface area contributed by atoms with Crippen molar-refractivity contribution in [2.75, 3.05) is 5.43 Å². The summed E-state index contributed by atoms with van der Waals surface area (Å²) in [5, 5.41) is 9.49. The number of hydrogen-bond donors (Lipinski definition) is 3. The largest absolute Gasteiger partial charge is 0.506 e. The maximum atomic E-state index is 11.8. The Balaban J connectivity index is 2.06. The quantitative estimate of drug-likeness (QED) is 0.548. The Kier molecular flexibility index (Phi) is 4.53. The number of benzene rings is 2. The van der Waals surface area contributed by atoms with Crippen LogP contribution >= 0.6 is 0 Å². The molecule has 21 heavy (non-hydrogen) atoms. The number of carbonyl (C=O) groups excluding carboxylic acids is 1. The van der Waals surface area contributed by atoms with E-state index < -0.39 is 15.9 Å². The molecule has 0 saturated carbocycles. The fourth-order valence-electron chi connectivity index (χ4n) is 1.56. The smallest absolute Gasteiger partial charge is 0.318 e. The Bertz CT molecular complexity index is 746. The van der Waals surface area contributed by atoms with E-state index in [0.717, 1.165) is 0 Å². The Hall–Kier alpha value is -2.42. The van der Waals surface area contributed by atoms with Crippen molar-refractivity contribution in [1.82, 2.24) is 5.59 Å². The van der Waals surface area contributed by atoms with E-state index >= 15 is 0 Å². The molecule has 0 aromatic heterocycles. The minimum atomic E-state index is -4.19. The first-order chi connectivity index (χ1) is 10.0. The molecule has 8 heteroatoms. The zero-order chi connectivity index (χ0) is 15.3. The van der Waals surface area contributed by atoms with Gasteiger partial charge in [0.2, 0.25) is 0 Å². The van der Waals surface area contributed by atoms with Gasteiger partial charge in [0.1, 0.15) is 10.6 Å². The van der Waals surface area contributed by atoms with Gasteiger partial charge in [0.15, 0.2) is 6.29 Å². The van der Waals surface area contributed by atoms with Crippen molar-refractivity contribution in [3.63, 3.8) is 0 Å². The highest BCUT2D eigenvalue weighted by molar-refractivity contribution is 7.86. The number of phenols is 1. The highest BCUT2D eigenvalue weighted by atomic mass is 32.2. The molecule has 0 spiro atoms. The van der Waals surface area contributed by atoms with Crippen LogP contribution in [0.4, 0.5) is 5.69 Å². The van der Waals surface area contributed by atoms with E-state index in [2.05, 4.69) is 9.71 Å². The van der Waals surface area contributed by atoms with E-state index in [1.807, 2.05) is 5.59 Å². The van der Waals surface area contributed by atoms with Crippen LogP contribution < -0.4 is 11.0 Å². The Morgan fingerprint density at radius 1 is 1.05 bits per heavy atom. The lowest BCUT2D eigenvalue weighted by Gasteiger charge is -2.10. The van der Waals surface area contributed by atoms with Gasteiger partial charge in [-0.15, -0.1) is 0 Å². The average Bonchev–Trinajstić information content (AvgIpc) is 2.48. The van der Waals surface area contributed by atoms with Gasteiger partial charge in [0, 0.05) is 5.56 Å². The van der Waals surface area contributed by atoms with Gasteiger partial charge in [-0.05, 0) is 24.3 Å². The van der Waals surface area contributed by atoms with Gasteiger partial charge >= 0.3 is 10.1 Å². The minimum absolute atomic E-state index is 0.327. The highest BCUT2D eigenvalue weighted by Gasteiger charge is 2.19. The van der Waals surface area contributed by atoms with Crippen LogP contribution in [0.2, 0.25) is 0 Å². The van der Waals surface area contributed by atoms with Crippen LogP contribution in [0.15, 0.2) is 53.4 Å². The van der Waals surface area contributed by atoms with E-state index in [0.29, 0.717) is 17.5 Å². The SMILES string of the molecule is O=Cc1ccccc1NNOS(=O)(=O)c1ccccc1O. The molecule has 7 nitrogen and oxygen atoms in total. The normalized spacial score (nSPS) is 11.0. The third-order valence-corrected chi connectivity index (χ3v) is 3.75. The second-order valence-corrected chi connectivity index (χ2v) is 5.45. The van der Waals surface area contributed by atoms with Gasteiger partial charge < -0.3 is 5.11 Å². The van der Waals surface area contributed by atoms with E-state index in [4.69, 9.17) is 0 Å². The summed E-state index contributed by atoms with van der Waals surface area (Å²) in [7, 11) is -4.19. The lowest BCUT2D eigenvalue weighted by molar-refractivity contribution is 0.112. The van der Waals surface area contributed by atoms with Gasteiger partial charge in [-0.25, -0.2) is 0 Å². The van der Waals surface area contributed by atoms with E-state index in [9.17, 15) is 18.3 Å². The van der Waals surface area contributed by atoms with Crippen molar-refractivity contribution in [3.8, 4) is 5.75 Å². The first-order valence-electron chi connectivity index (χ1n) is 5.81. The number of anilines is 1. The summed E-state index contributed by atoms with van der Waals surface area (Å²) < 4.78 is 28.2. The lowest BCUT2D eigenvalue weighted by Crippen LogP contribution is -2.26. The predicted molar refractivity (Wildman–Crippen MR) is 75.0 cm³/mol. The van der Waals surface area contributed by atoms with Crippen molar-refractivity contribution in [3.05, 3.63) is 54.1 Å². The third kappa shape index (κ3) is 3.57. The maximum absolute atomic E-state index is 11.8. The van der Waals surface area contributed by atoms with Crippen molar-refractivity contribution in [2.24, 2.45) is 0 Å². The first kappa shape index (κ1) is 15.0. The molecule has 0 atom stereocenters. The summed E-state index contributed by atoms with van der Waals surface area (Å²) in [5.41, 5.74) is 5.15. The zero-order valence-corrected chi connectivity index (χ0v) is 11.5. The molecular formula is C13H12N2O5S. The van der Waals surface area contributed by atoms with Gasteiger partial charge in [-0.3, -0.25) is 10.2 Å². The topological polar surface area (TPSA) is 105 Å². The molecule has 0 aliphatic rings. The van der Waals surface area contributed by atoms with E-state index in [1.165, 1.54) is 24.3 Å². The van der Waals surface area contributed by atoms with E-state index in [1.54, 1.807) is 24.3 Å². The number of phenolic OH excluding ortho intramolecular Hbond substituents is 1. The summed E-state index contributed by atoms with van der Waals surface area (Å²) >= 11 is 0. The van der Waals surface area contributed by atoms with Crippen LogP contribution in [0.25, 0.3) is 0 Å². The van der Waals surface area contributed by atoms with Crippen molar-refractivity contribution in [2.45, 2.75) is 4.90 Å². The molecule has 0 heterocycles. The summed E-state index contributed by atoms with van der Waals surface area (Å²) in [4.78, 5) is 10.4. The standard InChI is InChI=1S/C13H12N2O5S/c16-9-10-5-1-2-6-11(10)14-15-20-21(18,19)13-8-4-3-7-12(13)17/h1-9,14-15,17H. The molecule has 0 unspecified atom stereocenters. The molecule has 3 N–H and O–H groups in total. The zero-order valence-electron chi connectivity index (χ0n) is 10.7. The van der Waals surface area contributed by atoms with Gasteiger partial charge in [-0.1, -0.05) is 29.9 Å². The molecule has 0 saturated heterocycles. The fraction of sp³-hybridized carbons (Fsp3) is 0. The van der Waals surface area contributed by atoms with Crippen molar-refractivity contribution in [1.29, 1.82) is 0 Å². The van der Waals surface area contributed by atoms with Crippen LogP contribution in [-0.4, -0.2) is 19.8 Å². The molecule has 0 aliphatic heterocycles. The fourth-order valence-corrected chi connectivity index (χ4v) is 2.37. The number of nitrogens with one attached hydrogen (secondary N) is 2. The van der Waals surface area contributed by atoms with Crippen LogP contribution in [0, 0.1) is 0 Å². The van der Waals surface area contributed by atoms with Gasteiger partial charge in [0.05, 0.1) is 5.69 Å². The number of hydrogen-bond acceptors (Lipinski definition) is 7. The Labute approximate surface area is 121 Å². The molecule has 0 radical (unpaired) electrons. The number of aromatic hydroxyl groups is 1. The number of hydrazine groups is 1. The summed E-state index contributed by atoms with van der Waals surface area (Å²) in [6.45, 7) is 0. The van der Waals surface area contributed by atoms with Crippen LogP contribution in [0.5, 0.6) is 5.75 Å². The molecule has 0 bridgehead atoms. The van der Waals surface area contributed by atoms with Crippen molar-refractivity contribution >= 4 is 22.1 Å². The highest BCUT2D eigenvalue weighted by Crippen LogP contribution is 2.22. The molecule has 0 fully saturated rings. The number of rotatable bonds is 6. The molecule has 110 valence electrons. The van der Waals surface area contributed by atoms with Crippen LogP contribution in [0.1, 0.15) is 10.4 Å². The van der Waals surface area contributed by atoms with Crippen LogP contribution in [0.3, 0.4) is 0 Å². The number of aldehydes is 1. The summed E-state index contributed by atoms with van der Waals surface area (Å²) in [5.74, 6) is -0.424. The second-order valence-electron chi connectivity index (χ2n) is 3.94. The molecule has 0 amide bonds. The summed E-state index contributed by atoms with van der Waals surface area (Å²) in [6, 6.07) is 11.8. The van der Waals surface area contributed by atoms with Crippen LogP contribution in [-0.2, 0) is 14.4 Å². The molecule has 2 rings (SSSR count). The van der Waals surface area contributed by atoms with Gasteiger partial charge in [-0.2, -0.15) is 12.7 Å². The number of carbonyl (C=O) groups is 1.